The van der Waals surface area contributed by atoms with Gasteiger partial charge in [0.1, 0.15) is 18.1 Å². The van der Waals surface area contributed by atoms with Gasteiger partial charge in [0, 0.05) is 0 Å². The standard InChI is InChI=1S/C16H17NO3/c18-14-8-6-13(7-9-14)12-16(19)17-10-11-20-15-4-2-1-3-5-15/h1-9,18H,10-12H2,(H,17,19). The molecule has 1 amide bonds. The molecule has 0 aromatic heterocycles. The summed E-state index contributed by atoms with van der Waals surface area (Å²) in [7, 11) is 0. The Balaban J connectivity index is 1.66. The molecule has 0 saturated carbocycles. The van der Waals surface area contributed by atoms with Gasteiger partial charge in [0.25, 0.3) is 0 Å². The summed E-state index contributed by atoms with van der Waals surface area (Å²) < 4.78 is 5.47. The molecule has 0 aliphatic carbocycles. The lowest BCUT2D eigenvalue weighted by Crippen LogP contribution is -2.29. The van der Waals surface area contributed by atoms with Crippen molar-refractivity contribution in [3.63, 3.8) is 0 Å². The zero-order valence-electron chi connectivity index (χ0n) is 11.1. The van der Waals surface area contributed by atoms with E-state index in [-0.39, 0.29) is 11.7 Å². The Labute approximate surface area is 118 Å². The van der Waals surface area contributed by atoms with E-state index >= 15 is 0 Å². The summed E-state index contributed by atoms with van der Waals surface area (Å²) in [6.07, 6.45) is 0.297. The zero-order chi connectivity index (χ0) is 14.2. The fourth-order valence-electron chi connectivity index (χ4n) is 1.74. The van der Waals surface area contributed by atoms with Gasteiger partial charge in [0.15, 0.2) is 0 Å². The third-order valence-electron chi connectivity index (χ3n) is 2.74. The van der Waals surface area contributed by atoms with Gasteiger partial charge >= 0.3 is 0 Å². The van der Waals surface area contributed by atoms with Gasteiger partial charge in [-0.15, -0.1) is 0 Å². The van der Waals surface area contributed by atoms with Crippen LogP contribution in [0.25, 0.3) is 0 Å². The Kier molecular flexibility index (Phi) is 5.00. The largest absolute Gasteiger partial charge is 0.508 e. The highest BCUT2D eigenvalue weighted by atomic mass is 16.5. The lowest BCUT2D eigenvalue weighted by Gasteiger charge is -2.07. The van der Waals surface area contributed by atoms with E-state index < -0.39 is 0 Å². The van der Waals surface area contributed by atoms with Crippen LogP contribution in [0.1, 0.15) is 5.56 Å². The summed E-state index contributed by atoms with van der Waals surface area (Å²) in [5.74, 6) is 0.929. The van der Waals surface area contributed by atoms with Crippen LogP contribution < -0.4 is 10.1 Å². The molecule has 104 valence electrons. The SMILES string of the molecule is O=C(Cc1ccc(O)cc1)NCCOc1ccccc1. The van der Waals surface area contributed by atoms with Crippen LogP contribution in [-0.2, 0) is 11.2 Å². The topological polar surface area (TPSA) is 58.6 Å². The number of hydrogen-bond acceptors (Lipinski definition) is 3. The number of rotatable bonds is 6. The van der Waals surface area contributed by atoms with Gasteiger partial charge < -0.3 is 15.2 Å². The molecule has 0 radical (unpaired) electrons. The lowest BCUT2D eigenvalue weighted by molar-refractivity contribution is -0.120. The first-order valence-electron chi connectivity index (χ1n) is 6.46. The van der Waals surface area contributed by atoms with Crippen molar-refractivity contribution in [1.82, 2.24) is 5.32 Å². The average Bonchev–Trinajstić information content (AvgIpc) is 2.47. The maximum atomic E-state index is 11.7. The summed E-state index contributed by atoms with van der Waals surface area (Å²) >= 11 is 0. The molecule has 0 aliphatic heterocycles. The Morgan fingerprint density at radius 2 is 1.75 bits per heavy atom. The second kappa shape index (κ2) is 7.19. The third kappa shape index (κ3) is 4.65. The molecule has 2 aromatic carbocycles. The average molecular weight is 271 g/mol. The van der Waals surface area contributed by atoms with Gasteiger partial charge in [-0.05, 0) is 29.8 Å². The molecule has 0 saturated heterocycles. The zero-order valence-corrected chi connectivity index (χ0v) is 11.1. The smallest absolute Gasteiger partial charge is 0.224 e. The minimum absolute atomic E-state index is 0.0626. The van der Waals surface area contributed by atoms with Gasteiger partial charge in [0.2, 0.25) is 5.91 Å². The van der Waals surface area contributed by atoms with Crippen LogP contribution in [0.4, 0.5) is 0 Å². The number of amides is 1. The molecule has 4 heteroatoms. The number of carbonyl (C=O) groups excluding carboxylic acids is 1. The molecular weight excluding hydrogens is 254 g/mol. The van der Waals surface area contributed by atoms with Crippen LogP contribution in [0, 0.1) is 0 Å². The monoisotopic (exact) mass is 271 g/mol. The number of ether oxygens (including phenoxy) is 1. The first kappa shape index (κ1) is 13.9. The van der Waals surface area contributed by atoms with Gasteiger partial charge in [-0.1, -0.05) is 30.3 Å². The molecule has 4 nitrogen and oxygen atoms in total. The molecule has 0 heterocycles. The van der Waals surface area contributed by atoms with Crippen molar-refractivity contribution in [1.29, 1.82) is 0 Å². The molecule has 2 aromatic rings. The second-order valence-corrected chi connectivity index (χ2v) is 4.35. The van der Waals surface area contributed by atoms with E-state index in [1.165, 1.54) is 0 Å². The number of aromatic hydroxyl groups is 1. The Morgan fingerprint density at radius 3 is 2.45 bits per heavy atom. The Morgan fingerprint density at radius 1 is 1.05 bits per heavy atom. The molecular formula is C16H17NO3. The van der Waals surface area contributed by atoms with Crippen molar-refractivity contribution in [2.24, 2.45) is 0 Å². The number of benzene rings is 2. The van der Waals surface area contributed by atoms with E-state index in [0.29, 0.717) is 19.6 Å². The highest BCUT2D eigenvalue weighted by Crippen LogP contribution is 2.10. The molecule has 0 aliphatic rings. The van der Waals surface area contributed by atoms with E-state index in [9.17, 15) is 4.79 Å². The number of hydrogen-bond donors (Lipinski definition) is 2. The normalized spacial score (nSPS) is 10.0. The van der Waals surface area contributed by atoms with Crippen molar-refractivity contribution in [2.45, 2.75) is 6.42 Å². The van der Waals surface area contributed by atoms with Gasteiger partial charge in [-0.25, -0.2) is 0 Å². The number of para-hydroxylation sites is 1. The summed E-state index contributed by atoms with van der Waals surface area (Å²) in [4.78, 5) is 11.7. The minimum atomic E-state index is -0.0626. The van der Waals surface area contributed by atoms with Gasteiger partial charge in [0.05, 0.1) is 13.0 Å². The predicted octanol–water partition coefficient (Wildman–Crippen LogP) is 2.13. The number of carbonyl (C=O) groups is 1. The maximum absolute atomic E-state index is 11.7. The summed E-state index contributed by atoms with van der Waals surface area (Å²) in [5.41, 5.74) is 0.865. The van der Waals surface area contributed by atoms with E-state index in [1.807, 2.05) is 30.3 Å². The molecule has 0 spiro atoms. The number of phenolic OH excluding ortho intramolecular Hbond substituents is 1. The molecule has 0 bridgehead atoms. The van der Waals surface area contributed by atoms with Crippen molar-refractivity contribution < 1.29 is 14.6 Å². The fraction of sp³-hybridized carbons (Fsp3) is 0.188. The van der Waals surface area contributed by atoms with Crippen LogP contribution in [-0.4, -0.2) is 24.2 Å². The van der Waals surface area contributed by atoms with E-state index in [0.717, 1.165) is 11.3 Å². The molecule has 2 N–H and O–H groups in total. The number of nitrogens with one attached hydrogen (secondary N) is 1. The quantitative estimate of drug-likeness (QED) is 0.791. The van der Waals surface area contributed by atoms with Crippen molar-refractivity contribution in [2.75, 3.05) is 13.2 Å². The van der Waals surface area contributed by atoms with Crippen molar-refractivity contribution in [3.05, 3.63) is 60.2 Å². The molecule has 0 atom stereocenters. The van der Waals surface area contributed by atoms with Gasteiger partial charge in [-0.2, -0.15) is 0 Å². The van der Waals surface area contributed by atoms with Crippen LogP contribution in [0.3, 0.4) is 0 Å². The number of phenols is 1. The highest BCUT2D eigenvalue weighted by molar-refractivity contribution is 5.78. The first-order chi connectivity index (χ1) is 9.74. The van der Waals surface area contributed by atoms with E-state index in [1.54, 1.807) is 24.3 Å². The second-order valence-electron chi connectivity index (χ2n) is 4.35. The van der Waals surface area contributed by atoms with Crippen molar-refractivity contribution in [3.8, 4) is 11.5 Å². The maximum Gasteiger partial charge on any atom is 0.224 e. The van der Waals surface area contributed by atoms with Crippen LogP contribution in [0.2, 0.25) is 0 Å². The minimum Gasteiger partial charge on any atom is -0.508 e. The summed E-state index contributed by atoms with van der Waals surface area (Å²) in [5, 5.41) is 11.9. The Bertz CT molecular complexity index is 537. The predicted molar refractivity (Wildman–Crippen MR) is 76.8 cm³/mol. The van der Waals surface area contributed by atoms with Crippen LogP contribution in [0.5, 0.6) is 11.5 Å². The summed E-state index contributed by atoms with van der Waals surface area (Å²) in [6.45, 7) is 0.900. The fourth-order valence-corrected chi connectivity index (χ4v) is 1.74. The highest BCUT2D eigenvalue weighted by Gasteiger charge is 2.02. The van der Waals surface area contributed by atoms with E-state index in [4.69, 9.17) is 9.84 Å². The van der Waals surface area contributed by atoms with Gasteiger partial charge in [-0.3, -0.25) is 4.79 Å². The lowest BCUT2D eigenvalue weighted by atomic mass is 10.1. The Hall–Kier alpha value is -2.49. The van der Waals surface area contributed by atoms with Crippen LogP contribution >= 0.6 is 0 Å². The first-order valence-corrected chi connectivity index (χ1v) is 6.46. The third-order valence-corrected chi connectivity index (χ3v) is 2.74. The van der Waals surface area contributed by atoms with Crippen molar-refractivity contribution >= 4 is 5.91 Å². The van der Waals surface area contributed by atoms with E-state index in [2.05, 4.69) is 5.32 Å². The molecule has 0 fully saturated rings. The van der Waals surface area contributed by atoms with Crippen LogP contribution in [0.15, 0.2) is 54.6 Å². The summed E-state index contributed by atoms with van der Waals surface area (Å²) in [6, 6.07) is 16.1. The molecule has 0 unspecified atom stereocenters. The molecule has 20 heavy (non-hydrogen) atoms. The molecule has 2 rings (SSSR count).